The molecule has 26 heavy (non-hydrogen) atoms. The maximum atomic E-state index is 11.8. The number of epoxide rings is 1. The van der Waals surface area contributed by atoms with Crippen LogP contribution in [0, 0.1) is 0 Å². The van der Waals surface area contributed by atoms with Crippen molar-refractivity contribution < 1.29 is 14.3 Å². The predicted octanol–water partition coefficient (Wildman–Crippen LogP) is 4.42. The van der Waals surface area contributed by atoms with Gasteiger partial charge < -0.3 is 9.47 Å². The highest BCUT2D eigenvalue weighted by molar-refractivity contribution is 5.82. The number of carbonyl (C=O) groups is 1. The number of ether oxygens (including phenoxy) is 2. The molecule has 0 spiro atoms. The van der Waals surface area contributed by atoms with Gasteiger partial charge in [0.05, 0.1) is 0 Å². The van der Waals surface area contributed by atoms with Crippen LogP contribution in [0.25, 0.3) is 10.8 Å². The van der Waals surface area contributed by atoms with E-state index in [0.717, 1.165) is 18.4 Å². The number of benzene rings is 3. The number of rotatable bonds is 6. The first kappa shape index (κ1) is 16.6. The quantitative estimate of drug-likeness (QED) is 0.671. The fourth-order valence-corrected chi connectivity index (χ4v) is 3.07. The maximum Gasteiger partial charge on any atom is 0.409 e. The number of hydrogen-bond donors (Lipinski definition) is 1. The molecule has 4 rings (SSSR count). The summed E-state index contributed by atoms with van der Waals surface area (Å²) in [6.45, 7) is 0.265. The summed E-state index contributed by atoms with van der Waals surface area (Å²) in [5, 5.41) is 5.26. The molecule has 1 aliphatic rings. The molecule has 1 heterocycles. The highest BCUT2D eigenvalue weighted by Gasteiger charge is 2.39. The molecule has 3 aromatic rings. The summed E-state index contributed by atoms with van der Waals surface area (Å²) in [4.78, 5) is 11.8. The zero-order chi connectivity index (χ0) is 17.8. The van der Waals surface area contributed by atoms with E-state index in [9.17, 15) is 4.79 Å². The van der Waals surface area contributed by atoms with Crippen LogP contribution in [0.3, 0.4) is 0 Å². The van der Waals surface area contributed by atoms with Crippen molar-refractivity contribution in [3.63, 3.8) is 0 Å². The molecule has 1 fully saturated rings. The highest BCUT2D eigenvalue weighted by Crippen LogP contribution is 2.25. The fourth-order valence-electron chi connectivity index (χ4n) is 3.07. The van der Waals surface area contributed by atoms with Gasteiger partial charge >= 0.3 is 6.09 Å². The van der Waals surface area contributed by atoms with Gasteiger partial charge in [0.1, 0.15) is 12.7 Å². The van der Waals surface area contributed by atoms with Gasteiger partial charge in [0.15, 0.2) is 6.23 Å². The van der Waals surface area contributed by atoms with Gasteiger partial charge in [-0.2, -0.15) is 0 Å². The van der Waals surface area contributed by atoms with E-state index >= 15 is 0 Å². The Morgan fingerprint density at radius 3 is 2.54 bits per heavy atom. The average Bonchev–Trinajstić information content (AvgIpc) is 3.43. The van der Waals surface area contributed by atoms with Gasteiger partial charge in [0.2, 0.25) is 0 Å². The summed E-state index contributed by atoms with van der Waals surface area (Å²) in [5.41, 5.74) is 2.25. The van der Waals surface area contributed by atoms with Gasteiger partial charge in [-0.15, -0.1) is 0 Å². The summed E-state index contributed by atoms with van der Waals surface area (Å²) < 4.78 is 10.7. The smallest absolute Gasteiger partial charge is 0.409 e. The Bertz CT molecular complexity index is 894. The molecule has 0 bridgehead atoms. The van der Waals surface area contributed by atoms with Crippen LogP contribution < -0.4 is 5.32 Å². The molecule has 1 unspecified atom stereocenters. The number of aryl methyl sites for hydroxylation is 1. The van der Waals surface area contributed by atoms with Crippen LogP contribution in [-0.2, 0) is 22.5 Å². The Morgan fingerprint density at radius 2 is 1.69 bits per heavy atom. The van der Waals surface area contributed by atoms with Gasteiger partial charge in [-0.1, -0.05) is 72.8 Å². The predicted molar refractivity (Wildman–Crippen MR) is 101 cm³/mol. The molecule has 1 aliphatic heterocycles. The molecule has 4 nitrogen and oxygen atoms in total. The van der Waals surface area contributed by atoms with E-state index in [0.29, 0.717) is 0 Å². The minimum Gasteiger partial charge on any atom is -0.445 e. The Kier molecular flexibility index (Phi) is 4.84. The van der Waals surface area contributed by atoms with Crippen LogP contribution in [0.15, 0.2) is 72.8 Å². The summed E-state index contributed by atoms with van der Waals surface area (Å²) >= 11 is 0. The molecular formula is C22H21NO3. The van der Waals surface area contributed by atoms with Crippen molar-refractivity contribution in [3.8, 4) is 0 Å². The first-order valence-corrected chi connectivity index (χ1v) is 8.88. The largest absolute Gasteiger partial charge is 0.445 e. The van der Waals surface area contributed by atoms with E-state index < -0.39 is 6.09 Å². The SMILES string of the molecule is O=C(NC1O[C@H]1CCc1ccc2ccccc2c1)OCc1ccccc1. The molecule has 4 heteroatoms. The van der Waals surface area contributed by atoms with Crippen LogP contribution >= 0.6 is 0 Å². The average molecular weight is 347 g/mol. The van der Waals surface area contributed by atoms with Gasteiger partial charge in [-0.3, -0.25) is 5.32 Å². The molecule has 132 valence electrons. The molecule has 0 aliphatic carbocycles. The summed E-state index contributed by atoms with van der Waals surface area (Å²) in [6, 6.07) is 24.5. The van der Waals surface area contributed by atoms with Crippen LogP contribution in [-0.4, -0.2) is 18.4 Å². The molecule has 3 aromatic carbocycles. The Labute approximate surface area is 152 Å². The van der Waals surface area contributed by atoms with Gasteiger partial charge in [-0.05, 0) is 34.7 Å². The zero-order valence-electron chi connectivity index (χ0n) is 14.4. The third kappa shape index (κ3) is 4.21. The first-order chi connectivity index (χ1) is 12.8. The lowest BCUT2D eigenvalue weighted by molar-refractivity contribution is 0.135. The monoisotopic (exact) mass is 347 g/mol. The lowest BCUT2D eigenvalue weighted by atomic mass is 10.0. The third-order valence-electron chi connectivity index (χ3n) is 4.59. The van der Waals surface area contributed by atoms with Crippen molar-refractivity contribution in [1.82, 2.24) is 5.32 Å². The highest BCUT2D eigenvalue weighted by atomic mass is 16.6. The first-order valence-electron chi connectivity index (χ1n) is 8.88. The van der Waals surface area contributed by atoms with E-state index in [1.165, 1.54) is 16.3 Å². The number of fused-ring (bicyclic) bond motifs is 1. The Balaban J connectivity index is 1.21. The van der Waals surface area contributed by atoms with Crippen molar-refractivity contribution in [2.75, 3.05) is 0 Å². The van der Waals surface area contributed by atoms with Crippen molar-refractivity contribution in [1.29, 1.82) is 0 Å². The van der Waals surface area contributed by atoms with E-state index in [4.69, 9.17) is 9.47 Å². The standard InChI is InChI=1S/C22H21NO3/c24-22(25-15-17-6-2-1-3-7-17)23-21-20(26-21)13-11-16-10-12-18-8-4-5-9-19(18)14-16/h1-10,12,14,20-21H,11,13,15H2,(H,23,24)/t20-,21?/m0/s1. The van der Waals surface area contributed by atoms with E-state index in [-0.39, 0.29) is 18.9 Å². The van der Waals surface area contributed by atoms with E-state index in [2.05, 4.69) is 41.7 Å². The normalized spacial score (nSPS) is 18.5. The van der Waals surface area contributed by atoms with Gasteiger partial charge in [0, 0.05) is 0 Å². The molecule has 1 saturated heterocycles. The van der Waals surface area contributed by atoms with Crippen LogP contribution in [0.4, 0.5) is 4.79 Å². The second kappa shape index (κ2) is 7.58. The zero-order valence-corrected chi connectivity index (χ0v) is 14.4. The molecule has 1 amide bonds. The number of amides is 1. The third-order valence-corrected chi connectivity index (χ3v) is 4.59. The molecular weight excluding hydrogens is 326 g/mol. The fraction of sp³-hybridized carbons (Fsp3) is 0.227. The second-order valence-electron chi connectivity index (χ2n) is 6.52. The van der Waals surface area contributed by atoms with Crippen LogP contribution in [0.2, 0.25) is 0 Å². The summed E-state index contributed by atoms with van der Waals surface area (Å²) in [5.74, 6) is 0. The summed E-state index contributed by atoms with van der Waals surface area (Å²) in [6.07, 6.45) is 1.19. The minimum absolute atomic E-state index is 0.0609. The minimum atomic E-state index is -0.438. The molecule has 1 N–H and O–H groups in total. The summed E-state index contributed by atoms with van der Waals surface area (Å²) in [7, 11) is 0. The lowest BCUT2D eigenvalue weighted by Crippen LogP contribution is -2.28. The maximum absolute atomic E-state index is 11.8. The van der Waals surface area contributed by atoms with Crippen molar-refractivity contribution >= 4 is 16.9 Å². The van der Waals surface area contributed by atoms with Crippen molar-refractivity contribution in [2.45, 2.75) is 31.8 Å². The van der Waals surface area contributed by atoms with Crippen LogP contribution in [0.1, 0.15) is 17.5 Å². The van der Waals surface area contributed by atoms with Crippen LogP contribution in [0.5, 0.6) is 0 Å². The lowest BCUT2D eigenvalue weighted by Gasteiger charge is -2.05. The molecule has 0 aromatic heterocycles. The number of carbonyl (C=O) groups excluding carboxylic acids is 1. The van der Waals surface area contributed by atoms with E-state index in [1.54, 1.807) is 0 Å². The number of hydrogen-bond acceptors (Lipinski definition) is 3. The number of nitrogens with one attached hydrogen (secondary N) is 1. The van der Waals surface area contributed by atoms with Gasteiger partial charge in [-0.25, -0.2) is 4.79 Å². The van der Waals surface area contributed by atoms with Crippen molar-refractivity contribution in [3.05, 3.63) is 83.9 Å². The number of alkyl carbamates (subject to hydrolysis) is 1. The molecule has 0 radical (unpaired) electrons. The second-order valence-corrected chi connectivity index (χ2v) is 6.52. The molecule has 0 saturated carbocycles. The van der Waals surface area contributed by atoms with Crippen molar-refractivity contribution in [2.24, 2.45) is 0 Å². The Morgan fingerprint density at radius 1 is 0.923 bits per heavy atom. The van der Waals surface area contributed by atoms with E-state index in [1.807, 2.05) is 36.4 Å². The molecule has 2 atom stereocenters. The topological polar surface area (TPSA) is 50.9 Å². The van der Waals surface area contributed by atoms with Gasteiger partial charge in [0.25, 0.3) is 0 Å². The Hall–Kier alpha value is -2.85.